The summed E-state index contributed by atoms with van der Waals surface area (Å²) in [5.74, 6) is 0.00759. The maximum absolute atomic E-state index is 12.1. The summed E-state index contributed by atoms with van der Waals surface area (Å²) in [5, 5.41) is 13.8. The number of aromatic carboxylic acids is 1. The van der Waals surface area contributed by atoms with Gasteiger partial charge < -0.3 is 9.52 Å². The van der Waals surface area contributed by atoms with Crippen LogP contribution in [0.3, 0.4) is 0 Å². The van der Waals surface area contributed by atoms with Gasteiger partial charge in [0.1, 0.15) is 17.2 Å². The number of rotatable bonds is 3. The van der Waals surface area contributed by atoms with Gasteiger partial charge in [0.2, 0.25) is 0 Å². The van der Waals surface area contributed by atoms with E-state index in [1.165, 1.54) is 15.4 Å². The lowest BCUT2D eigenvalue weighted by atomic mass is 10.1. The number of pyridine rings is 1. The molecular formula is C18H14N4O4. The van der Waals surface area contributed by atoms with Crippen LogP contribution in [0.4, 0.5) is 0 Å². The molecule has 0 unspecified atom stereocenters. The number of aryl methyl sites for hydroxylation is 2. The first-order chi connectivity index (χ1) is 12.5. The van der Waals surface area contributed by atoms with Crippen LogP contribution in [0.25, 0.3) is 28.0 Å². The van der Waals surface area contributed by atoms with Crippen LogP contribution in [0.5, 0.6) is 0 Å². The lowest BCUT2D eigenvalue weighted by Gasteiger charge is -2.03. The van der Waals surface area contributed by atoms with Crippen molar-refractivity contribution in [3.8, 4) is 17.0 Å². The maximum Gasteiger partial charge on any atom is 0.355 e. The minimum atomic E-state index is -1.11. The molecule has 3 aromatic heterocycles. The van der Waals surface area contributed by atoms with Gasteiger partial charge in [-0.3, -0.25) is 0 Å². The molecule has 0 saturated heterocycles. The normalized spacial score (nSPS) is 11.2. The zero-order valence-electron chi connectivity index (χ0n) is 14.0. The van der Waals surface area contributed by atoms with Crippen LogP contribution in [0.15, 0.2) is 51.8 Å². The Morgan fingerprint density at radius 2 is 1.92 bits per heavy atom. The van der Waals surface area contributed by atoms with Gasteiger partial charge >= 0.3 is 11.7 Å². The Bertz CT molecular complexity index is 1200. The van der Waals surface area contributed by atoms with Gasteiger partial charge in [-0.25, -0.2) is 23.8 Å². The van der Waals surface area contributed by atoms with Crippen LogP contribution < -0.4 is 5.69 Å². The van der Waals surface area contributed by atoms with E-state index in [0.29, 0.717) is 28.2 Å². The third-order valence-corrected chi connectivity index (χ3v) is 4.14. The third-order valence-electron chi connectivity index (χ3n) is 4.14. The van der Waals surface area contributed by atoms with Crippen LogP contribution >= 0.6 is 0 Å². The van der Waals surface area contributed by atoms with E-state index in [1.807, 2.05) is 0 Å². The van der Waals surface area contributed by atoms with Crippen molar-refractivity contribution in [1.29, 1.82) is 0 Å². The highest BCUT2D eigenvalue weighted by molar-refractivity contribution is 6.01. The molecular weight excluding hydrogens is 336 g/mol. The fraction of sp³-hybridized carbons (Fsp3) is 0.111. The SMILES string of the molecule is Cc1nn(C)c(=O)n1-c1ccc(-c2cc3c(C(=O)O)nccc3o2)cc1. The molecule has 0 aliphatic rings. The largest absolute Gasteiger partial charge is 0.476 e. The Kier molecular flexibility index (Phi) is 3.47. The number of carboxylic acid groups (broad SMARTS) is 1. The Balaban J connectivity index is 1.78. The molecule has 8 heteroatoms. The van der Waals surface area contributed by atoms with E-state index in [4.69, 9.17) is 4.42 Å². The molecule has 0 bridgehead atoms. The summed E-state index contributed by atoms with van der Waals surface area (Å²) in [4.78, 5) is 27.3. The molecule has 0 aliphatic carbocycles. The minimum Gasteiger partial charge on any atom is -0.476 e. The van der Waals surface area contributed by atoms with Gasteiger partial charge in [0.25, 0.3) is 0 Å². The Hall–Kier alpha value is -3.68. The summed E-state index contributed by atoms with van der Waals surface area (Å²) in [7, 11) is 1.60. The number of hydrogen-bond acceptors (Lipinski definition) is 5. The lowest BCUT2D eigenvalue weighted by Crippen LogP contribution is -2.21. The van der Waals surface area contributed by atoms with Crippen LogP contribution in [-0.2, 0) is 7.05 Å². The second-order valence-electron chi connectivity index (χ2n) is 5.82. The molecule has 130 valence electrons. The van der Waals surface area contributed by atoms with Crippen LogP contribution in [0.1, 0.15) is 16.3 Å². The quantitative estimate of drug-likeness (QED) is 0.608. The molecule has 4 rings (SSSR count). The second kappa shape index (κ2) is 5.69. The van der Waals surface area contributed by atoms with Crippen LogP contribution in [0, 0.1) is 6.92 Å². The van der Waals surface area contributed by atoms with Gasteiger partial charge in [-0.15, -0.1) is 0 Å². The van der Waals surface area contributed by atoms with Crippen LogP contribution in [-0.4, -0.2) is 30.4 Å². The number of benzene rings is 1. The predicted molar refractivity (Wildman–Crippen MR) is 93.5 cm³/mol. The number of nitrogens with zero attached hydrogens (tertiary/aromatic N) is 4. The fourth-order valence-corrected chi connectivity index (χ4v) is 2.94. The molecule has 3 heterocycles. The van der Waals surface area contributed by atoms with E-state index in [2.05, 4.69) is 10.1 Å². The number of carbonyl (C=O) groups is 1. The number of carboxylic acids is 1. The first-order valence-electron chi connectivity index (χ1n) is 7.81. The van der Waals surface area contributed by atoms with Gasteiger partial charge in [-0.2, -0.15) is 5.10 Å². The molecule has 0 fully saturated rings. The van der Waals surface area contributed by atoms with Crippen molar-refractivity contribution < 1.29 is 14.3 Å². The summed E-state index contributed by atoms with van der Waals surface area (Å²) in [6, 6.07) is 10.5. The van der Waals surface area contributed by atoms with E-state index in [1.54, 1.807) is 50.4 Å². The first-order valence-corrected chi connectivity index (χ1v) is 7.81. The first kappa shape index (κ1) is 15.8. The van der Waals surface area contributed by atoms with Gasteiger partial charge in [0.15, 0.2) is 5.69 Å². The average Bonchev–Trinajstić information content (AvgIpc) is 3.16. The van der Waals surface area contributed by atoms with Crippen LogP contribution in [0.2, 0.25) is 0 Å². The molecule has 26 heavy (non-hydrogen) atoms. The minimum absolute atomic E-state index is 0.0494. The zero-order chi connectivity index (χ0) is 18.4. The fourth-order valence-electron chi connectivity index (χ4n) is 2.94. The van der Waals surface area contributed by atoms with E-state index >= 15 is 0 Å². The Morgan fingerprint density at radius 1 is 1.19 bits per heavy atom. The molecule has 0 spiro atoms. The standard InChI is InChI=1S/C18H14N4O4/c1-10-20-21(2)18(25)22(10)12-5-3-11(4-6-12)15-9-13-14(26-15)7-8-19-16(13)17(23)24/h3-9H,1-2H3,(H,23,24). The highest BCUT2D eigenvalue weighted by Gasteiger charge is 2.15. The smallest absolute Gasteiger partial charge is 0.355 e. The van der Waals surface area contributed by atoms with E-state index in [9.17, 15) is 14.7 Å². The van der Waals surface area contributed by atoms with Crippen molar-refractivity contribution >= 4 is 16.9 Å². The molecule has 1 N–H and O–H groups in total. The van der Waals surface area contributed by atoms with Crippen molar-refractivity contribution in [3.63, 3.8) is 0 Å². The molecule has 1 aromatic carbocycles. The predicted octanol–water partition coefficient (Wildman–Crippen LogP) is 2.39. The van der Waals surface area contributed by atoms with Gasteiger partial charge in [0.05, 0.1) is 11.1 Å². The Labute approximate surface area is 146 Å². The summed E-state index contributed by atoms with van der Waals surface area (Å²) in [6.45, 7) is 1.76. The number of fused-ring (bicyclic) bond motifs is 1. The van der Waals surface area contributed by atoms with E-state index in [0.717, 1.165) is 5.56 Å². The zero-order valence-corrected chi connectivity index (χ0v) is 14.0. The summed E-state index contributed by atoms with van der Waals surface area (Å²) < 4.78 is 8.54. The number of furan rings is 1. The molecule has 0 aliphatic heterocycles. The second-order valence-corrected chi connectivity index (χ2v) is 5.82. The van der Waals surface area contributed by atoms with Crippen molar-refractivity contribution in [3.05, 3.63) is 64.6 Å². The van der Waals surface area contributed by atoms with Crippen molar-refractivity contribution in [2.45, 2.75) is 6.92 Å². The molecule has 0 radical (unpaired) electrons. The molecule has 0 amide bonds. The summed E-state index contributed by atoms with van der Waals surface area (Å²) in [5.41, 5.74) is 1.63. The van der Waals surface area contributed by atoms with Crippen molar-refractivity contribution in [1.82, 2.24) is 19.3 Å². The van der Waals surface area contributed by atoms with Gasteiger partial charge in [-0.05, 0) is 43.3 Å². The van der Waals surface area contributed by atoms with E-state index in [-0.39, 0.29) is 11.4 Å². The summed E-state index contributed by atoms with van der Waals surface area (Å²) in [6.07, 6.45) is 1.40. The summed E-state index contributed by atoms with van der Waals surface area (Å²) >= 11 is 0. The van der Waals surface area contributed by atoms with Crippen molar-refractivity contribution in [2.75, 3.05) is 0 Å². The Morgan fingerprint density at radius 3 is 2.54 bits per heavy atom. The maximum atomic E-state index is 12.1. The highest BCUT2D eigenvalue weighted by Crippen LogP contribution is 2.29. The van der Waals surface area contributed by atoms with Crippen molar-refractivity contribution in [2.24, 2.45) is 7.05 Å². The molecule has 4 aromatic rings. The van der Waals surface area contributed by atoms with Gasteiger partial charge in [-0.1, -0.05) is 0 Å². The number of hydrogen-bond donors (Lipinski definition) is 1. The molecule has 0 saturated carbocycles. The molecule has 8 nitrogen and oxygen atoms in total. The van der Waals surface area contributed by atoms with E-state index < -0.39 is 5.97 Å². The topological polar surface area (TPSA) is 103 Å². The third kappa shape index (κ3) is 2.39. The number of aromatic nitrogens is 4. The highest BCUT2D eigenvalue weighted by atomic mass is 16.4. The molecule has 0 atom stereocenters. The van der Waals surface area contributed by atoms with Gasteiger partial charge in [0, 0.05) is 18.8 Å². The lowest BCUT2D eigenvalue weighted by molar-refractivity contribution is 0.0693. The average molecular weight is 350 g/mol. The monoisotopic (exact) mass is 350 g/mol.